The van der Waals surface area contributed by atoms with Crippen LogP contribution < -0.4 is 5.32 Å². The molecule has 0 radical (unpaired) electrons. The molecule has 0 aliphatic heterocycles. The molecule has 1 heterocycles. The highest BCUT2D eigenvalue weighted by Crippen LogP contribution is 2.30. The van der Waals surface area contributed by atoms with Crippen molar-refractivity contribution in [1.29, 1.82) is 0 Å². The normalized spacial score (nSPS) is 10.6. The number of fused-ring (bicyclic) bond motifs is 1. The molecular weight excluding hydrogens is 323 g/mol. The summed E-state index contributed by atoms with van der Waals surface area (Å²) in [5.74, 6) is -1.45. The first kappa shape index (κ1) is 14.6. The molecule has 6 heteroatoms. The Balaban J connectivity index is 1.91. The number of aromatic amines is 1. The molecule has 0 fully saturated rings. The van der Waals surface area contributed by atoms with Crippen LogP contribution in [0.2, 0.25) is 10.0 Å². The molecule has 0 bridgehead atoms. The van der Waals surface area contributed by atoms with E-state index in [0.29, 0.717) is 10.9 Å². The molecule has 0 spiro atoms. The van der Waals surface area contributed by atoms with E-state index in [1.54, 1.807) is 30.3 Å². The monoisotopic (exact) mass is 332 g/mol. The van der Waals surface area contributed by atoms with Crippen molar-refractivity contribution in [3.63, 3.8) is 0 Å². The first-order chi connectivity index (χ1) is 10.6. The number of carbonyl (C=O) groups is 2. The molecule has 0 saturated heterocycles. The minimum atomic E-state index is -0.792. The van der Waals surface area contributed by atoms with Crippen molar-refractivity contribution >= 4 is 51.5 Å². The molecule has 0 aliphatic carbocycles. The standard InChI is InChI=1S/C16H10Cl2N2O2/c17-11-5-3-6-12(18)14(11)20-16(22)15(21)10-8-19-13-7-2-1-4-9(10)13/h1-8,19H,(H,20,22). The number of amides is 1. The number of H-pyrrole nitrogens is 1. The minimum Gasteiger partial charge on any atom is -0.360 e. The summed E-state index contributed by atoms with van der Waals surface area (Å²) < 4.78 is 0. The molecule has 0 aliphatic rings. The van der Waals surface area contributed by atoms with E-state index in [9.17, 15) is 9.59 Å². The average Bonchev–Trinajstić information content (AvgIpc) is 2.94. The van der Waals surface area contributed by atoms with E-state index in [1.165, 1.54) is 6.20 Å². The second-order valence-electron chi connectivity index (χ2n) is 4.63. The third-order valence-electron chi connectivity index (χ3n) is 3.24. The zero-order valence-corrected chi connectivity index (χ0v) is 12.7. The number of hydrogen-bond donors (Lipinski definition) is 2. The molecule has 2 aromatic carbocycles. The van der Waals surface area contributed by atoms with Crippen LogP contribution in [0.3, 0.4) is 0 Å². The second-order valence-corrected chi connectivity index (χ2v) is 5.44. The fraction of sp³-hybridized carbons (Fsp3) is 0. The van der Waals surface area contributed by atoms with Crippen molar-refractivity contribution in [2.45, 2.75) is 0 Å². The van der Waals surface area contributed by atoms with Crippen molar-refractivity contribution in [1.82, 2.24) is 4.98 Å². The van der Waals surface area contributed by atoms with Gasteiger partial charge in [-0.15, -0.1) is 0 Å². The van der Waals surface area contributed by atoms with Crippen molar-refractivity contribution < 1.29 is 9.59 Å². The summed E-state index contributed by atoms with van der Waals surface area (Å²) in [6.45, 7) is 0. The van der Waals surface area contributed by atoms with Crippen LogP contribution in [0.25, 0.3) is 10.9 Å². The number of ketones is 1. The maximum absolute atomic E-state index is 12.3. The predicted octanol–water partition coefficient (Wildman–Crippen LogP) is 4.30. The van der Waals surface area contributed by atoms with Crippen LogP contribution in [0.4, 0.5) is 5.69 Å². The maximum atomic E-state index is 12.3. The lowest BCUT2D eigenvalue weighted by Gasteiger charge is -2.08. The highest BCUT2D eigenvalue weighted by Gasteiger charge is 2.21. The fourth-order valence-corrected chi connectivity index (χ4v) is 2.66. The lowest BCUT2D eigenvalue weighted by atomic mass is 10.1. The molecule has 3 aromatic rings. The van der Waals surface area contributed by atoms with Crippen molar-refractivity contribution in [2.75, 3.05) is 5.32 Å². The molecule has 1 amide bonds. The van der Waals surface area contributed by atoms with Gasteiger partial charge in [0.05, 0.1) is 21.3 Å². The summed E-state index contributed by atoms with van der Waals surface area (Å²) in [6.07, 6.45) is 1.51. The van der Waals surface area contributed by atoms with Gasteiger partial charge in [0, 0.05) is 17.1 Å². The number of carbonyl (C=O) groups excluding carboxylic acids is 2. The molecule has 2 N–H and O–H groups in total. The van der Waals surface area contributed by atoms with Gasteiger partial charge in [-0.1, -0.05) is 47.5 Å². The Morgan fingerprint density at radius 2 is 1.64 bits per heavy atom. The minimum absolute atomic E-state index is 0.226. The summed E-state index contributed by atoms with van der Waals surface area (Å²) in [7, 11) is 0. The first-order valence-corrected chi connectivity index (χ1v) is 7.19. The summed E-state index contributed by atoms with van der Waals surface area (Å²) >= 11 is 12.0. The van der Waals surface area contributed by atoms with Gasteiger partial charge in [0.25, 0.3) is 11.7 Å². The molecule has 1 aromatic heterocycles. The van der Waals surface area contributed by atoms with Gasteiger partial charge in [-0.2, -0.15) is 0 Å². The topological polar surface area (TPSA) is 62.0 Å². The number of aromatic nitrogens is 1. The van der Waals surface area contributed by atoms with E-state index in [-0.39, 0.29) is 15.7 Å². The second kappa shape index (κ2) is 5.83. The van der Waals surface area contributed by atoms with Gasteiger partial charge in [-0.25, -0.2) is 0 Å². The lowest BCUT2D eigenvalue weighted by molar-refractivity contribution is -0.112. The number of para-hydroxylation sites is 2. The predicted molar refractivity (Wildman–Crippen MR) is 87.7 cm³/mol. The quantitative estimate of drug-likeness (QED) is 0.555. The van der Waals surface area contributed by atoms with Crippen LogP contribution in [0.5, 0.6) is 0 Å². The molecule has 22 heavy (non-hydrogen) atoms. The molecule has 0 saturated carbocycles. The maximum Gasteiger partial charge on any atom is 0.296 e. The Morgan fingerprint density at radius 1 is 0.955 bits per heavy atom. The van der Waals surface area contributed by atoms with E-state index < -0.39 is 11.7 Å². The van der Waals surface area contributed by atoms with Crippen LogP contribution in [-0.4, -0.2) is 16.7 Å². The number of Topliss-reactive ketones (excluding diaryl/α,β-unsaturated/α-hetero) is 1. The Hall–Kier alpha value is -2.30. The SMILES string of the molecule is O=C(Nc1c(Cl)cccc1Cl)C(=O)c1c[nH]c2ccccc12. The number of benzene rings is 2. The van der Waals surface area contributed by atoms with Crippen LogP contribution in [0.15, 0.2) is 48.7 Å². The number of rotatable bonds is 3. The van der Waals surface area contributed by atoms with Gasteiger partial charge in [0.1, 0.15) is 0 Å². The van der Waals surface area contributed by atoms with Crippen molar-refractivity contribution in [3.8, 4) is 0 Å². The molecule has 0 unspecified atom stereocenters. The van der Waals surface area contributed by atoms with Gasteiger partial charge in [0.2, 0.25) is 0 Å². The van der Waals surface area contributed by atoms with Crippen LogP contribution in [0.1, 0.15) is 10.4 Å². The first-order valence-electron chi connectivity index (χ1n) is 6.43. The largest absolute Gasteiger partial charge is 0.360 e. The summed E-state index contributed by atoms with van der Waals surface area (Å²) in [6, 6.07) is 12.1. The molecular formula is C16H10Cl2N2O2. The van der Waals surface area contributed by atoms with Crippen LogP contribution >= 0.6 is 23.2 Å². The number of halogens is 2. The molecule has 4 nitrogen and oxygen atoms in total. The molecule has 110 valence electrons. The van der Waals surface area contributed by atoms with Crippen molar-refractivity contribution in [2.24, 2.45) is 0 Å². The number of nitrogens with one attached hydrogen (secondary N) is 2. The van der Waals surface area contributed by atoms with Crippen molar-refractivity contribution in [3.05, 3.63) is 64.3 Å². The highest BCUT2D eigenvalue weighted by molar-refractivity contribution is 6.50. The van der Waals surface area contributed by atoms with Gasteiger partial charge in [-0.3, -0.25) is 9.59 Å². The zero-order chi connectivity index (χ0) is 15.7. The Morgan fingerprint density at radius 3 is 2.36 bits per heavy atom. The van der Waals surface area contributed by atoms with E-state index in [4.69, 9.17) is 23.2 Å². The van der Waals surface area contributed by atoms with Crippen LogP contribution in [0, 0.1) is 0 Å². The highest BCUT2D eigenvalue weighted by atomic mass is 35.5. The summed E-state index contributed by atoms with van der Waals surface area (Å²) in [5, 5.41) is 3.69. The third-order valence-corrected chi connectivity index (χ3v) is 3.87. The smallest absolute Gasteiger partial charge is 0.296 e. The number of anilines is 1. The molecule has 3 rings (SSSR count). The van der Waals surface area contributed by atoms with E-state index in [2.05, 4.69) is 10.3 Å². The lowest BCUT2D eigenvalue weighted by Crippen LogP contribution is -2.23. The third kappa shape index (κ3) is 2.58. The summed E-state index contributed by atoms with van der Waals surface area (Å²) in [4.78, 5) is 27.5. The van der Waals surface area contributed by atoms with Gasteiger partial charge in [-0.05, 0) is 18.2 Å². The number of hydrogen-bond acceptors (Lipinski definition) is 2. The summed E-state index contributed by atoms with van der Waals surface area (Å²) in [5.41, 5.74) is 1.31. The zero-order valence-electron chi connectivity index (χ0n) is 11.2. The Labute approximate surface area is 136 Å². The van der Waals surface area contributed by atoms with Gasteiger partial charge >= 0.3 is 0 Å². The Kier molecular flexibility index (Phi) is 3.88. The average molecular weight is 333 g/mol. The molecule has 0 atom stereocenters. The van der Waals surface area contributed by atoms with E-state index >= 15 is 0 Å². The van der Waals surface area contributed by atoms with E-state index in [1.807, 2.05) is 12.1 Å². The fourth-order valence-electron chi connectivity index (χ4n) is 2.17. The van der Waals surface area contributed by atoms with Gasteiger partial charge in [0.15, 0.2) is 0 Å². The van der Waals surface area contributed by atoms with Gasteiger partial charge < -0.3 is 10.3 Å². The van der Waals surface area contributed by atoms with Crippen LogP contribution in [-0.2, 0) is 4.79 Å². The Bertz CT molecular complexity index is 866. The van der Waals surface area contributed by atoms with E-state index in [0.717, 1.165) is 5.52 Å².